The van der Waals surface area contributed by atoms with Crippen LogP contribution >= 0.6 is 11.6 Å². The molecule has 0 spiro atoms. The van der Waals surface area contributed by atoms with Gasteiger partial charge in [-0.3, -0.25) is 0 Å². The van der Waals surface area contributed by atoms with Crippen molar-refractivity contribution in [3.63, 3.8) is 0 Å². The second kappa shape index (κ2) is 6.43. The Morgan fingerprint density at radius 2 is 1.81 bits per heavy atom. The SMILES string of the molecule is C[Si](C)(C)C(CCl)CNCc1ccccc1. The lowest BCUT2D eigenvalue weighted by Crippen LogP contribution is -2.36. The van der Waals surface area contributed by atoms with Gasteiger partial charge in [-0.25, -0.2) is 0 Å². The summed E-state index contributed by atoms with van der Waals surface area (Å²) >= 11 is 6.03. The normalized spacial score (nSPS) is 13.8. The third kappa shape index (κ3) is 4.68. The Bertz CT molecular complexity index is 295. The van der Waals surface area contributed by atoms with Crippen LogP contribution in [0.2, 0.25) is 25.2 Å². The summed E-state index contributed by atoms with van der Waals surface area (Å²) in [6.07, 6.45) is 0. The van der Waals surface area contributed by atoms with E-state index in [2.05, 4.69) is 49.2 Å². The second-order valence-corrected chi connectivity index (χ2v) is 11.2. The van der Waals surface area contributed by atoms with Crippen LogP contribution in [-0.2, 0) is 6.54 Å². The van der Waals surface area contributed by atoms with Crippen LogP contribution in [0, 0.1) is 0 Å². The minimum atomic E-state index is -1.12. The van der Waals surface area contributed by atoms with Gasteiger partial charge in [0.2, 0.25) is 0 Å². The molecule has 0 heterocycles. The van der Waals surface area contributed by atoms with Crippen molar-refractivity contribution in [2.45, 2.75) is 31.7 Å². The van der Waals surface area contributed by atoms with Crippen LogP contribution in [0.5, 0.6) is 0 Å². The lowest BCUT2D eigenvalue weighted by atomic mass is 10.2. The molecule has 0 aliphatic rings. The molecule has 1 unspecified atom stereocenters. The van der Waals surface area contributed by atoms with E-state index in [1.807, 2.05) is 6.07 Å². The number of halogens is 1. The third-order valence-electron chi connectivity index (χ3n) is 2.97. The van der Waals surface area contributed by atoms with Crippen LogP contribution in [-0.4, -0.2) is 20.5 Å². The first kappa shape index (κ1) is 13.8. The predicted molar refractivity (Wildman–Crippen MR) is 76.0 cm³/mol. The predicted octanol–water partition coefficient (Wildman–Crippen LogP) is 3.72. The quantitative estimate of drug-likeness (QED) is 0.604. The van der Waals surface area contributed by atoms with E-state index in [9.17, 15) is 0 Å². The van der Waals surface area contributed by atoms with Crippen molar-refractivity contribution < 1.29 is 0 Å². The monoisotopic (exact) mass is 255 g/mol. The fourth-order valence-corrected chi connectivity index (χ4v) is 4.30. The Balaban J connectivity index is 2.35. The first-order valence-electron chi connectivity index (χ1n) is 5.84. The van der Waals surface area contributed by atoms with Gasteiger partial charge in [0, 0.05) is 12.4 Å². The molecule has 0 fully saturated rings. The van der Waals surface area contributed by atoms with Gasteiger partial charge in [-0.1, -0.05) is 50.0 Å². The fourth-order valence-electron chi connectivity index (χ4n) is 1.58. The van der Waals surface area contributed by atoms with Crippen LogP contribution in [0.3, 0.4) is 0 Å². The zero-order chi connectivity index (χ0) is 12.0. The van der Waals surface area contributed by atoms with E-state index >= 15 is 0 Å². The fraction of sp³-hybridized carbons (Fsp3) is 0.538. The summed E-state index contributed by atoms with van der Waals surface area (Å²) in [4.78, 5) is 0. The van der Waals surface area contributed by atoms with E-state index in [-0.39, 0.29) is 0 Å². The summed E-state index contributed by atoms with van der Waals surface area (Å²) in [6.45, 7) is 9.12. The largest absolute Gasteiger partial charge is 0.313 e. The van der Waals surface area contributed by atoms with E-state index in [0.29, 0.717) is 5.54 Å². The van der Waals surface area contributed by atoms with Crippen LogP contribution < -0.4 is 5.32 Å². The summed E-state index contributed by atoms with van der Waals surface area (Å²) < 4.78 is 0. The summed E-state index contributed by atoms with van der Waals surface area (Å²) in [5.41, 5.74) is 1.99. The minimum absolute atomic E-state index is 0.651. The van der Waals surface area contributed by atoms with Crippen LogP contribution in [0.4, 0.5) is 0 Å². The van der Waals surface area contributed by atoms with Gasteiger partial charge in [0.05, 0.1) is 8.07 Å². The molecule has 3 heteroatoms. The smallest absolute Gasteiger partial charge is 0.0502 e. The van der Waals surface area contributed by atoms with Gasteiger partial charge >= 0.3 is 0 Å². The van der Waals surface area contributed by atoms with Crippen molar-refractivity contribution >= 4 is 19.7 Å². The molecule has 16 heavy (non-hydrogen) atoms. The lowest BCUT2D eigenvalue weighted by molar-refractivity contribution is 0.666. The number of alkyl halides is 1. The maximum absolute atomic E-state index is 6.03. The average Bonchev–Trinajstić information content (AvgIpc) is 2.24. The Kier molecular flexibility index (Phi) is 5.53. The molecule has 1 N–H and O–H groups in total. The Morgan fingerprint density at radius 3 is 2.31 bits per heavy atom. The van der Waals surface area contributed by atoms with Crippen molar-refractivity contribution in [2.24, 2.45) is 0 Å². The molecule has 0 saturated carbocycles. The molecule has 0 amide bonds. The van der Waals surface area contributed by atoms with Gasteiger partial charge in [0.25, 0.3) is 0 Å². The summed E-state index contributed by atoms with van der Waals surface area (Å²) in [7, 11) is -1.12. The molecule has 1 aromatic rings. The first-order valence-corrected chi connectivity index (χ1v) is 9.96. The highest BCUT2D eigenvalue weighted by Gasteiger charge is 2.25. The molecule has 0 aromatic heterocycles. The van der Waals surface area contributed by atoms with E-state index in [1.54, 1.807) is 0 Å². The molecule has 1 rings (SSSR count). The Morgan fingerprint density at radius 1 is 1.19 bits per heavy atom. The van der Waals surface area contributed by atoms with Gasteiger partial charge in [0.15, 0.2) is 0 Å². The van der Waals surface area contributed by atoms with Crippen molar-refractivity contribution in [1.29, 1.82) is 0 Å². The topological polar surface area (TPSA) is 12.0 Å². The van der Waals surface area contributed by atoms with E-state index in [4.69, 9.17) is 11.6 Å². The van der Waals surface area contributed by atoms with Gasteiger partial charge in [-0.05, 0) is 17.6 Å². The van der Waals surface area contributed by atoms with Crippen LogP contribution in [0.25, 0.3) is 0 Å². The minimum Gasteiger partial charge on any atom is -0.313 e. The first-order chi connectivity index (χ1) is 7.54. The van der Waals surface area contributed by atoms with E-state index in [1.165, 1.54) is 5.56 Å². The van der Waals surface area contributed by atoms with Gasteiger partial charge < -0.3 is 5.32 Å². The standard InChI is InChI=1S/C13H22ClNSi/c1-16(2,3)13(9-14)11-15-10-12-7-5-4-6-8-12/h4-8,13,15H,9-11H2,1-3H3. The Hall–Kier alpha value is -0.313. The highest BCUT2D eigenvalue weighted by molar-refractivity contribution is 6.78. The molecule has 0 bridgehead atoms. The summed E-state index contributed by atoms with van der Waals surface area (Å²) in [5, 5.41) is 3.51. The maximum Gasteiger partial charge on any atom is 0.0502 e. The van der Waals surface area contributed by atoms with Crippen molar-refractivity contribution in [2.75, 3.05) is 12.4 Å². The molecule has 0 radical (unpaired) electrons. The number of hydrogen-bond donors (Lipinski definition) is 1. The zero-order valence-corrected chi connectivity index (χ0v) is 12.2. The molecule has 1 aromatic carbocycles. The van der Waals surface area contributed by atoms with Gasteiger partial charge in [-0.2, -0.15) is 0 Å². The zero-order valence-electron chi connectivity index (χ0n) is 10.5. The lowest BCUT2D eigenvalue weighted by Gasteiger charge is -2.27. The molecule has 1 nitrogen and oxygen atoms in total. The van der Waals surface area contributed by atoms with E-state index in [0.717, 1.165) is 19.0 Å². The van der Waals surface area contributed by atoms with E-state index < -0.39 is 8.07 Å². The summed E-state index contributed by atoms with van der Waals surface area (Å²) in [6, 6.07) is 10.5. The number of benzene rings is 1. The molecular weight excluding hydrogens is 234 g/mol. The van der Waals surface area contributed by atoms with Crippen molar-refractivity contribution in [3.8, 4) is 0 Å². The Labute approximate surface area is 105 Å². The van der Waals surface area contributed by atoms with Gasteiger partial charge in [-0.15, -0.1) is 11.6 Å². The number of nitrogens with one attached hydrogen (secondary N) is 1. The summed E-state index contributed by atoms with van der Waals surface area (Å²) in [5.74, 6) is 0.775. The highest BCUT2D eigenvalue weighted by Crippen LogP contribution is 2.22. The number of rotatable bonds is 6. The maximum atomic E-state index is 6.03. The molecule has 0 saturated heterocycles. The second-order valence-electron chi connectivity index (χ2n) is 5.33. The third-order valence-corrected chi connectivity index (χ3v) is 6.46. The molecule has 90 valence electrons. The van der Waals surface area contributed by atoms with Crippen molar-refractivity contribution in [3.05, 3.63) is 35.9 Å². The molecule has 0 aliphatic heterocycles. The average molecular weight is 256 g/mol. The van der Waals surface area contributed by atoms with Crippen LogP contribution in [0.1, 0.15) is 5.56 Å². The molecular formula is C13H22ClNSi. The van der Waals surface area contributed by atoms with Crippen molar-refractivity contribution in [1.82, 2.24) is 5.32 Å². The molecule has 0 aliphatic carbocycles. The van der Waals surface area contributed by atoms with Gasteiger partial charge in [0.1, 0.15) is 0 Å². The highest BCUT2D eigenvalue weighted by atomic mass is 35.5. The van der Waals surface area contributed by atoms with Crippen LogP contribution in [0.15, 0.2) is 30.3 Å². The molecule has 1 atom stereocenters. The number of hydrogen-bond acceptors (Lipinski definition) is 1.